The lowest BCUT2D eigenvalue weighted by molar-refractivity contribution is -0.108. The van der Waals surface area contributed by atoms with Crippen molar-refractivity contribution >= 4 is 12.6 Å². The van der Waals surface area contributed by atoms with Gasteiger partial charge in [0, 0.05) is 18.9 Å². The summed E-state index contributed by atoms with van der Waals surface area (Å²) in [4.78, 5) is 19.3. The Morgan fingerprint density at radius 3 is 2.56 bits per heavy atom. The molecule has 3 heteroatoms. The molecule has 0 fully saturated rings. The highest BCUT2D eigenvalue weighted by Crippen LogP contribution is 1.95. The van der Waals surface area contributed by atoms with Crippen LogP contribution in [-0.4, -0.2) is 17.7 Å². The van der Waals surface area contributed by atoms with E-state index >= 15 is 0 Å². The zero-order chi connectivity index (χ0) is 7.11. The molecule has 0 spiro atoms. The van der Waals surface area contributed by atoms with Crippen molar-refractivity contribution in [2.45, 2.75) is 12.8 Å². The molecule has 1 N–H and O–H groups in total. The van der Waals surface area contributed by atoms with E-state index < -0.39 is 0 Å². The molecule has 0 bridgehead atoms. The van der Waals surface area contributed by atoms with Gasteiger partial charge in [0.25, 0.3) is 0 Å². The predicted molar refractivity (Wildman–Crippen MR) is 32.1 cm³/mol. The van der Waals surface area contributed by atoms with Gasteiger partial charge < -0.3 is 9.90 Å². The number of allylic oxidation sites excluding steroid dienone is 2. The number of carbonyl (C=O) groups is 2. The Labute approximate surface area is 53.0 Å². The number of carbonyl (C=O) groups excluding carboxylic acids is 2. The van der Waals surface area contributed by atoms with Gasteiger partial charge >= 0.3 is 0 Å². The van der Waals surface area contributed by atoms with Crippen molar-refractivity contribution in [1.29, 1.82) is 0 Å². The van der Waals surface area contributed by atoms with Gasteiger partial charge in [0.05, 0.1) is 5.76 Å². The smallest absolute Gasteiger partial charge is 0.146 e. The van der Waals surface area contributed by atoms with Gasteiger partial charge in [-0.2, -0.15) is 0 Å². The van der Waals surface area contributed by atoms with Gasteiger partial charge in [0.1, 0.15) is 12.6 Å². The summed E-state index contributed by atoms with van der Waals surface area (Å²) >= 11 is 0. The van der Waals surface area contributed by atoms with Gasteiger partial charge in [0.2, 0.25) is 0 Å². The molecule has 0 heterocycles. The molecule has 0 aromatic heterocycles. The summed E-state index contributed by atoms with van der Waals surface area (Å²) in [5.41, 5.74) is 0. The van der Waals surface area contributed by atoms with E-state index in [4.69, 9.17) is 5.11 Å². The molecule has 0 aliphatic rings. The van der Waals surface area contributed by atoms with Gasteiger partial charge in [-0.05, 0) is 0 Å². The summed E-state index contributed by atoms with van der Waals surface area (Å²) in [7, 11) is 0. The van der Waals surface area contributed by atoms with Crippen molar-refractivity contribution < 1.29 is 14.7 Å². The lowest BCUT2D eigenvalue weighted by Crippen LogP contribution is -1.82. The normalized spacial score (nSPS) is 10.9. The summed E-state index contributed by atoms with van der Waals surface area (Å²) in [5, 5.41) is 8.65. The van der Waals surface area contributed by atoms with Crippen molar-refractivity contribution in [1.82, 2.24) is 0 Å². The van der Waals surface area contributed by atoms with Gasteiger partial charge in [-0.3, -0.25) is 4.79 Å². The monoisotopic (exact) mass is 128 g/mol. The minimum absolute atomic E-state index is 0.0444. The predicted octanol–water partition coefficient (Wildman–Crippen LogP) is 0.606. The van der Waals surface area contributed by atoms with E-state index in [1.807, 2.05) is 0 Å². The topological polar surface area (TPSA) is 54.4 Å². The molecule has 0 amide bonds. The molecule has 0 aromatic rings. The lowest BCUT2D eigenvalue weighted by atomic mass is 10.3. The largest absolute Gasteiger partial charge is 0.512 e. The summed E-state index contributed by atoms with van der Waals surface area (Å²) in [6.07, 6.45) is 2.72. The van der Waals surface area contributed by atoms with Crippen LogP contribution in [0.15, 0.2) is 11.8 Å². The Morgan fingerprint density at radius 1 is 1.44 bits per heavy atom. The molecule has 50 valence electrons. The van der Waals surface area contributed by atoms with E-state index in [9.17, 15) is 9.59 Å². The molecular formula is C6H8O3. The average Bonchev–Trinajstić information content (AvgIpc) is 1.85. The Balaban J connectivity index is 3.47. The molecule has 0 aromatic carbocycles. The number of aliphatic hydroxyl groups excluding tert-OH is 1. The SMILES string of the molecule is O=CC=C(O)CCC=O. The summed E-state index contributed by atoms with van der Waals surface area (Å²) in [5.74, 6) is -0.0444. The molecule has 0 saturated heterocycles. The van der Waals surface area contributed by atoms with Gasteiger partial charge in [0.15, 0.2) is 0 Å². The zero-order valence-electron chi connectivity index (χ0n) is 4.91. The third-order valence-corrected chi connectivity index (χ3v) is 0.779. The maximum atomic E-state index is 9.69. The fourth-order valence-electron chi connectivity index (χ4n) is 0.369. The van der Waals surface area contributed by atoms with Crippen LogP contribution in [0, 0.1) is 0 Å². The van der Waals surface area contributed by atoms with E-state index in [1.54, 1.807) is 0 Å². The Bertz CT molecular complexity index is 126. The third kappa shape index (κ3) is 4.74. The molecule has 0 aliphatic carbocycles. The second-order valence-electron chi connectivity index (χ2n) is 1.50. The molecule has 0 unspecified atom stereocenters. The van der Waals surface area contributed by atoms with E-state index in [0.29, 0.717) is 12.6 Å². The van der Waals surface area contributed by atoms with E-state index in [-0.39, 0.29) is 18.6 Å². The number of rotatable bonds is 4. The van der Waals surface area contributed by atoms with Crippen LogP contribution in [0.2, 0.25) is 0 Å². The standard InChI is InChI=1S/C6H8O3/c7-4-1-2-6(9)3-5-8/h3-5,9H,1-2H2. The van der Waals surface area contributed by atoms with Crippen LogP contribution in [0.3, 0.4) is 0 Å². The highest BCUT2D eigenvalue weighted by Gasteiger charge is 1.89. The first-order valence-electron chi connectivity index (χ1n) is 2.58. The number of hydrogen-bond acceptors (Lipinski definition) is 3. The molecule has 9 heavy (non-hydrogen) atoms. The van der Waals surface area contributed by atoms with Crippen LogP contribution < -0.4 is 0 Å². The van der Waals surface area contributed by atoms with Crippen LogP contribution in [0.5, 0.6) is 0 Å². The third-order valence-electron chi connectivity index (χ3n) is 0.779. The maximum absolute atomic E-state index is 9.69. The molecule has 0 rings (SSSR count). The van der Waals surface area contributed by atoms with E-state index in [1.165, 1.54) is 0 Å². The first kappa shape index (κ1) is 7.88. The van der Waals surface area contributed by atoms with E-state index in [2.05, 4.69) is 0 Å². The molecule has 0 radical (unpaired) electrons. The van der Waals surface area contributed by atoms with Crippen LogP contribution in [0.4, 0.5) is 0 Å². The van der Waals surface area contributed by atoms with Crippen LogP contribution in [0.1, 0.15) is 12.8 Å². The fraction of sp³-hybridized carbons (Fsp3) is 0.333. The number of aliphatic hydroxyl groups is 1. The number of hydrogen-bond donors (Lipinski definition) is 1. The second-order valence-corrected chi connectivity index (χ2v) is 1.50. The molecule has 0 aliphatic heterocycles. The second kappa shape index (κ2) is 5.03. The van der Waals surface area contributed by atoms with Gasteiger partial charge in [-0.15, -0.1) is 0 Å². The summed E-state index contributed by atoms with van der Waals surface area (Å²) in [6.45, 7) is 0. The van der Waals surface area contributed by atoms with E-state index in [0.717, 1.165) is 6.08 Å². The molecule has 0 saturated carbocycles. The minimum Gasteiger partial charge on any atom is -0.512 e. The van der Waals surface area contributed by atoms with Crippen molar-refractivity contribution in [3.63, 3.8) is 0 Å². The van der Waals surface area contributed by atoms with Crippen LogP contribution >= 0.6 is 0 Å². The molecule has 0 atom stereocenters. The zero-order valence-corrected chi connectivity index (χ0v) is 4.91. The summed E-state index contributed by atoms with van der Waals surface area (Å²) in [6, 6.07) is 0. The summed E-state index contributed by atoms with van der Waals surface area (Å²) < 4.78 is 0. The van der Waals surface area contributed by atoms with Crippen LogP contribution in [0.25, 0.3) is 0 Å². The Kier molecular flexibility index (Phi) is 4.40. The Morgan fingerprint density at radius 2 is 2.11 bits per heavy atom. The minimum atomic E-state index is -0.0444. The highest BCUT2D eigenvalue weighted by molar-refractivity contribution is 5.65. The first-order chi connectivity index (χ1) is 4.31. The average molecular weight is 128 g/mol. The first-order valence-corrected chi connectivity index (χ1v) is 2.58. The maximum Gasteiger partial charge on any atom is 0.146 e. The lowest BCUT2D eigenvalue weighted by Gasteiger charge is -1.89. The highest BCUT2D eigenvalue weighted by atomic mass is 16.3. The quantitative estimate of drug-likeness (QED) is 0.343. The van der Waals surface area contributed by atoms with Crippen molar-refractivity contribution in [3.05, 3.63) is 11.8 Å². The Hall–Kier alpha value is -1.12. The fourth-order valence-corrected chi connectivity index (χ4v) is 0.369. The van der Waals surface area contributed by atoms with Crippen molar-refractivity contribution in [2.75, 3.05) is 0 Å². The molecule has 3 nitrogen and oxygen atoms in total. The van der Waals surface area contributed by atoms with Crippen molar-refractivity contribution in [3.8, 4) is 0 Å². The van der Waals surface area contributed by atoms with Gasteiger partial charge in [-0.1, -0.05) is 0 Å². The van der Waals surface area contributed by atoms with Gasteiger partial charge in [-0.25, -0.2) is 0 Å². The van der Waals surface area contributed by atoms with Crippen molar-refractivity contribution in [2.24, 2.45) is 0 Å². The number of aldehydes is 2. The van der Waals surface area contributed by atoms with Crippen LogP contribution in [-0.2, 0) is 9.59 Å². The molecular weight excluding hydrogens is 120 g/mol.